The maximum atomic E-state index is 11.7. The molecule has 0 spiro atoms. The van der Waals surface area contributed by atoms with Crippen molar-refractivity contribution in [2.75, 3.05) is 13.1 Å². The van der Waals surface area contributed by atoms with Gasteiger partial charge in [0.05, 0.1) is 0 Å². The molecule has 0 radical (unpaired) electrons. The molecular weight excluding hydrogens is 242 g/mol. The third kappa shape index (κ3) is 3.54. The maximum Gasteiger partial charge on any atom is 0.309 e. The van der Waals surface area contributed by atoms with Gasteiger partial charge in [-0.05, 0) is 30.4 Å². The molecule has 0 fully saturated rings. The minimum Gasteiger partial charge on any atom is -0.347 e. The number of aryl methyl sites for hydroxylation is 1. The molecule has 19 heavy (non-hydrogen) atoms. The van der Waals surface area contributed by atoms with Crippen LogP contribution < -0.4 is 16.4 Å². The van der Waals surface area contributed by atoms with E-state index in [1.165, 1.54) is 11.1 Å². The predicted octanol–water partition coefficient (Wildman–Crippen LogP) is -0.265. The van der Waals surface area contributed by atoms with Crippen LogP contribution in [-0.2, 0) is 22.4 Å². The molecule has 4 N–H and O–H groups in total. The number of hydrogen-bond acceptors (Lipinski definition) is 3. The number of benzene rings is 1. The average molecular weight is 261 g/mol. The minimum atomic E-state index is -0.607. The number of nitrogens with two attached hydrogens (primary N) is 1. The van der Waals surface area contributed by atoms with Gasteiger partial charge < -0.3 is 16.4 Å². The van der Waals surface area contributed by atoms with E-state index in [1.54, 1.807) is 0 Å². The van der Waals surface area contributed by atoms with Gasteiger partial charge >= 0.3 is 11.8 Å². The van der Waals surface area contributed by atoms with Gasteiger partial charge in [0.15, 0.2) is 0 Å². The normalized spacial score (nSPS) is 17.4. The number of amides is 2. The molecule has 1 aromatic carbocycles. The van der Waals surface area contributed by atoms with E-state index in [0.717, 1.165) is 19.3 Å². The monoisotopic (exact) mass is 261 g/mol. The predicted molar refractivity (Wildman–Crippen MR) is 72.5 cm³/mol. The van der Waals surface area contributed by atoms with Crippen molar-refractivity contribution in [3.05, 3.63) is 35.4 Å². The number of carbonyl (C=O) groups excluding carboxylic acids is 2. The molecular formula is C14H19N3O2. The molecule has 1 atom stereocenters. The van der Waals surface area contributed by atoms with Crippen molar-refractivity contribution in [1.29, 1.82) is 0 Å². The standard InChI is InChI=1S/C14H19N3O2/c15-7-8-16-13(18)14(19)17-12-6-5-10-3-1-2-4-11(10)9-12/h1-4,12H,5-9,15H2,(H,16,18)(H,17,19). The second-order valence-corrected chi connectivity index (χ2v) is 4.73. The second kappa shape index (κ2) is 6.33. The lowest BCUT2D eigenvalue weighted by atomic mass is 9.88. The van der Waals surface area contributed by atoms with Gasteiger partial charge in [0.25, 0.3) is 0 Å². The fourth-order valence-electron chi connectivity index (χ4n) is 2.34. The van der Waals surface area contributed by atoms with Gasteiger partial charge in [-0.2, -0.15) is 0 Å². The van der Waals surface area contributed by atoms with Gasteiger partial charge in [0.1, 0.15) is 0 Å². The molecule has 0 saturated heterocycles. The first-order chi connectivity index (χ1) is 9.20. The van der Waals surface area contributed by atoms with Crippen molar-refractivity contribution in [3.8, 4) is 0 Å². The first kappa shape index (κ1) is 13.5. The summed E-state index contributed by atoms with van der Waals surface area (Å²) in [5.41, 5.74) is 7.85. The highest BCUT2D eigenvalue weighted by Crippen LogP contribution is 2.20. The lowest BCUT2D eigenvalue weighted by molar-refractivity contribution is -0.139. The van der Waals surface area contributed by atoms with E-state index in [9.17, 15) is 9.59 Å². The van der Waals surface area contributed by atoms with Crippen LogP contribution in [0.4, 0.5) is 0 Å². The lowest BCUT2D eigenvalue weighted by Gasteiger charge is -2.25. The van der Waals surface area contributed by atoms with Crippen molar-refractivity contribution in [1.82, 2.24) is 10.6 Å². The zero-order valence-electron chi connectivity index (χ0n) is 10.8. The smallest absolute Gasteiger partial charge is 0.309 e. The molecule has 1 aliphatic carbocycles. The zero-order chi connectivity index (χ0) is 13.7. The van der Waals surface area contributed by atoms with E-state index >= 15 is 0 Å². The summed E-state index contributed by atoms with van der Waals surface area (Å²) in [7, 11) is 0. The molecule has 0 heterocycles. The van der Waals surface area contributed by atoms with Gasteiger partial charge in [0.2, 0.25) is 0 Å². The summed E-state index contributed by atoms with van der Waals surface area (Å²) in [6, 6.07) is 8.24. The van der Waals surface area contributed by atoms with Crippen molar-refractivity contribution in [2.45, 2.75) is 25.3 Å². The summed E-state index contributed by atoms with van der Waals surface area (Å²) in [5, 5.41) is 5.24. The summed E-state index contributed by atoms with van der Waals surface area (Å²) in [6.07, 6.45) is 2.59. The minimum absolute atomic E-state index is 0.0334. The first-order valence-corrected chi connectivity index (χ1v) is 6.56. The molecule has 2 amide bonds. The van der Waals surface area contributed by atoms with E-state index < -0.39 is 11.8 Å². The Hall–Kier alpha value is -1.88. The summed E-state index contributed by atoms with van der Waals surface area (Å²) in [5.74, 6) is -1.18. The molecule has 1 unspecified atom stereocenters. The van der Waals surface area contributed by atoms with Crippen LogP contribution in [0.25, 0.3) is 0 Å². The van der Waals surface area contributed by atoms with Crippen molar-refractivity contribution >= 4 is 11.8 Å². The Morgan fingerprint density at radius 3 is 2.68 bits per heavy atom. The average Bonchev–Trinajstić information content (AvgIpc) is 2.44. The molecule has 1 aromatic rings. The Balaban J connectivity index is 1.88. The zero-order valence-corrected chi connectivity index (χ0v) is 10.8. The highest BCUT2D eigenvalue weighted by atomic mass is 16.2. The summed E-state index contributed by atoms with van der Waals surface area (Å²) < 4.78 is 0. The summed E-state index contributed by atoms with van der Waals surface area (Å²) in [4.78, 5) is 23.1. The fourth-order valence-corrected chi connectivity index (χ4v) is 2.34. The van der Waals surface area contributed by atoms with Crippen LogP contribution in [0.5, 0.6) is 0 Å². The Bertz CT molecular complexity index is 474. The van der Waals surface area contributed by atoms with Crippen molar-refractivity contribution < 1.29 is 9.59 Å². The molecule has 0 aromatic heterocycles. The molecule has 0 bridgehead atoms. The van der Waals surface area contributed by atoms with Crippen LogP contribution in [0.15, 0.2) is 24.3 Å². The molecule has 1 aliphatic rings. The van der Waals surface area contributed by atoms with E-state index in [1.807, 2.05) is 12.1 Å². The quantitative estimate of drug-likeness (QED) is 0.655. The third-order valence-corrected chi connectivity index (χ3v) is 3.32. The van der Waals surface area contributed by atoms with Crippen LogP contribution in [0.2, 0.25) is 0 Å². The topological polar surface area (TPSA) is 84.2 Å². The van der Waals surface area contributed by atoms with Gasteiger partial charge in [-0.1, -0.05) is 24.3 Å². The Kier molecular flexibility index (Phi) is 4.52. The fraction of sp³-hybridized carbons (Fsp3) is 0.429. The van der Waals surface area contributed by atoms with E-state index in [2.05, 4.69) is 22.8 Å². The van der Waals surface area contributed by atoms with Crippen LogP contribution in [-0.4, -0.2) is 30.9 Å². The van der Waals surface area contributed by atoms with E-state index in [0.29, 0.717) is 13.1 Å². The van der Waals surface area contributed by atoms with Crippen LogP contribution in [0.3, 0.4) is 0 Å². The van der Waals surface area contributed by atoms with Crippen molar-refractivity contribution in [3.63, 3.8) is 0 Å². The van der Waals surface area contributed by atoms with Gasteiger partial charge in [0, 0.05) is 19.1 Å². The molecule has 5 heteroatoms. The van der Waals surface area contributed by atoms with Crippen LogP contribution >= 0.6 is 0 Å². The molecule has 2 rings (SSSR count). The van der Waals surface area contributed by atoms with Gasteiger partial charge in [-0.25, -0.2) is 0 Å². The molecule has 102 valence electrons. The number of rotatable bonds is 3. The maximum absolute atomic E-state index is 11.7. The second-order valence-electron chi connectivity index (χ2n) is 4.73. The summed E-state index contributed by atoms with van der Waals surface area (Å²) in [6.45, 7) is 0.648. The molecule has 0 aliphatic heterocycles. The van der Waals surface area contributed by atoms with Gasteiger partial charge in [-0.15, -0.1) is 0 Å². The van der Waals surface area contributed by atoms with Crippen LogP contribution in [0.1, 0.15) is 17.5 Å². The summed E-state index contributed by atoms with van der Waals surface area (Å²) >= 11 is 0. The number of nitrogens with one attached hydrogen (secondary N) is 2. The van der Waals surface area contributed by atoms with Gasteiger partial charge in [-0.3, -0.25) is 9.59 Å². The van der Waals surface area contributed by atoms with Crippen molar-refractivity contribution in [2.24, 2.45) is 5.73 Å². The number of fused-ring (bicyclic) bond motifs is 1. The SMILES string of the molecule is NCCNC(=O)C(=O)NC1CCc2ccccc2C1. The van der Waals surface area contributed by atoms with E-state index in [-0.39, 0.29) is 6.04 Å². The lowest BCUT2D eigenvalue weighted by Crippen LogP contribution is -2.47. The Labute approximate surface area is 112 Å². The number of hydrogen-bond donors (Lipinski definition) is 3. The van der Waals surface area contributed by atoms with Crippen LogP contribution in [0, 0.1) is 0 Å². The first-order valence-electron chi connectivity index (χ1n) is 6.56. The molecule has 5 nitrogen and oxygen atoms in total. The highest BCUT2D eigenvalue weighted by molar-refractivity contribution is 6.35. The highest BCUT2D eigenvalue weighted by Gasteiger charge is 2.22. The van der Waals surface area contributed by atoms with E-state index in [4.69, 9.17) is 5.73 Å². The largest absolute Gasteiger partial charge is 0.347 e. The molecule has 0 saturated carbocycles. The Morgan fingerprint density at radius 2 is 1.95 bits per heavy atom. The third-order valence-electron chi connectivity index (χ3n) is 3.32. The number of carbonyl (C=O) groups is 2. The Morgan fingerprint density at radius 1 is 1.21 bits per heavy atom.